The van der Waals surface area contributed by atoms with E-state index in [4.69, 9.17) is 0 Å². The van der Waals surface area contributed by atoms with Crippen LogP contribution in [0, 0.1) is 11.8 Å². The summed E-state index contributed by atoms with van der Waals surface area (Å²) >= 11 is 0. The zero-order valence-electron chi connectivity index (χ0n) is 19.7. The average Bonchev–Trinajstić information content (AvgIpc) is 2.89. The Balaban J connectivity index is 1.23. The van der Waals surface area contributed by atoms with Gasteiger partial charge in [0, 0.05) is 37.8 Å². The third-order valence-corrected chi connectivity index (χ3v) is 9.22. The molecule has 2 saturated heterocycles. The van der Waals surface area contributed by atoms with Crippen LogP contribution < -0.4 is 5.56 Å². The lowest BCUT2D eigenvalue weighted by atomic mass is 9.89. The molecule has 35 heavy (non-hydrogen) atoms. The molecule has 2 fully saturated rings. The van der Waals surface area contributed by atoms with E-state index in [0.717, 1.165) is 32.4 Å². The second-order valence-corrected chi connectivity index (χ2v) is 11.7. The Morgan fingerprint density at radius 1 is 0.943 bits per heavy atom. The first-order valence-corrected chi connectivity index (χ1v) is 13.8. The van der Waals surface area contributed by atoms with Crippen molar-refractivity contribution in [3.8, 4) is 0 Å². The van der Waals surface area contributed by atoms with Crippen molar-refractivity contribution in [3.05, 3.63) is 76.6 Å². The molecular formula is C27H31N3O4S. The molecular weight excluding hydrogens is 462 g/mol. The summed E-state index contributed by atoms with van der Waals surface area (Å²) in [6.07, 6.45) is 4.38. The number of H-pyrrole nitrogens is 1. The molecule has 0 aliphatic carbocycles. The summed E-state index contributed by atoms with van der Waals surface area (Å²) < 4.78 is 28.2. The number of fused-ring (bicyclic) bond motifs is 1. The highest BCUT2D eigenvalue weighted by atomic mass is 32.2. The number of piperidine rings is 2. The summed E-state index contributed by atoms with van der Waals surface area (Å²) in [5.74, 6) is 0.354. The van der Waals surface area contributed by atoms with E-state index < -0.39 is 10.0 Å². The highest BCUT2D eigenvalue weighted by molar-refractivity contribution is 7.89. The van der Waals surface area contributed by atoms with Crippen molar-refractivity contribution < 1.29 is 13.2 Å². The first-order valence-electron chi connectivity index (χ1n) is 12.4. The number of benzene rings is 2. The van der Waals surface area contributed by atoms with Crippen LogP contribution in [0.4, 0.5) is 0 Å². The van der Waals surface area contributed by atoms with E-state index in [0.29, 0.717) is 36.2 Å². The summed E-state index contributed by atoms with van der Waals surface area (Å²) in [7, 11) is -3.73. The van der Waals surface area contributed by atoms with Crippen molar-refractivity contribution in [2.75, 3.05) is 26.2 Å². The van der Waals surface area contributed by atoms with Gasteiger partial charge in [-0.25, -0.2) is 8.42 Å². The van der Waals surface area contributed by atoms with Gasteiger partial charge in [-0.3, -0.25) is 9.59 Å². The molecule has 8 heteroatoms. The van der Waals surface area contributed by atoms with Crippen LogP contribution in [0.25, 0.3) is 10.9 Å². The number of amides is 1. The smallest absolute Gasteiger partial charge is 0.248 e. The third-order valence-electron chi connectivity index (χ3n) is 7.36. The molecule has 3 heterocycles. The quantitative estimate of drug-likeness (QED) is 0.590. The van der Waals surface area contributed by atoms with Gasteiger partial charge in [0.15, 0.2) is 0 Å². The lowest BCUT2D eigenvalue weighted by Crippen LogP contribution is -2.48. The average molecular weight is 494 g/mol. The van der Waals surface area contributed by atoms with E-state index in [1.165, 1.54) is 22.0 Å². The Labute approximate surface area is 205 Å². The molecule has 0 spiro atoms. The number of nitrogens with zero attached hydrogens (tertiary/aromatic N) is 2. The zero-order chi connectivity index (χ0) is 24.4. The number of rotatable bonds is 5. The molecule has 5 rings (SSSR count). The highest BCUT2D eigenvalue weighted by Gasteiger charge is 2.36. The number of likely N-dealkylation sites (tertiary alicyclic amines) is 1. The van der Waals surface area contributed by atoms with Gasteiger partial charge in [-0.05, 0) is 73.2 Å². The van der Waals surface area contributed by atoms with Crippen molar-refractivity contribution in [1.29, 1.82) is 0 Å². The van der Waals surface area contributed by atoms with Crippen LogP contribution in [0.15, 0.2) is 70.4 Å². The fraction of sp³-hybridized carbons (Fsp3) is 0.407. The number of carbonyl (C=O) groups is 1. The van der Waals surface area contributed by atoms with Gasteiger partial charge in [-0.1, -0.05) is 30.3 Å². The predicted octanol–water partition coefficient (Wildman–Crippen LogP) is 3.41. The number of pyridine rings is 1. The first kappa shape index (κ1) is 23.8. The number of carbonyl (C=O) groups excluding carboxylic acids is 1. The van der Waals surface area contributed by atoms with Crippen molar-refractivity contribution in [3.63, 3.8) is 0 Å². The van der Waals surface area contributed by atoms with E-state index in [1.807, 2.05) is 11.0 Å². The molecule has 2 aromatic carbocycles. The summed E-state index contributed by atoms with van der Waals surface area (Å²) in [5, 5.41) is 0.661. The van der Waals surface area contributed by atoms with Crippen LogP contribution in [0.1, 0.15) is 31.2 Å². The fourth-order valence-electron chi connectivity index (χ4n) is 5.37. The molecule has 0 radical (unpaired) electrons. The molecule has 3 aromatic rings. The number of aromatic amines is 1. The Morgan fingerprint density at radius 2 is 1.71 bits per heavy atom. The molecule has 0 saturated carbocycles. The van der Waals surface area contributed by atoms with Gasteiger partial charge in [0.1, 0.15) is 0 Å². The van der Waals surface area contributed by atoms with Crippen molar-refractivity contribution in [1.82, 2.24) is 14.2 Å². The SMILES string of the molecule is O=C(C1CCCN(S(=O)(=O)c2ccc3[nH]c(=O)ccc3c2)C1)N1CCC(Cc2ccccc2)CC1. The van der Waals surface area contributed by atoms with Crippen LogP contribution in [-0.4, -0.2) is 54.7 Å². The summed E-state index contributed by atoms with van der Waals surface area (Å²) in [6.45, 7) is 2.11. The van der Waals surface area contributed by atoms with Gasteiger partial charge in [0.2, 0.25) is 21.5 Å². The van der Waals surface area contributed by atoms with Gasteiger partial charge in [0.05, 0.1) is 10.8 Å². The van der Waals surface area contributed by atoms with E-state index in [9.17, 15) is 18.0 Å². The fourth-order valence-corrected chi connectivity index (χ4v) is 6.93. The maximum atomic E-state index is 13.4. The number of sulfonamides is 1. The second kappa shape index (κ2) is 9.95. The number of aromatic nitrogens is 1. The normalized spacial score (nSPS) is 20.2. The molecule has 2 aliphatic heterocycles. The predicted molar refractivity (Wildman–Crippen MR) is 136 cm³/mol. The van der Waals surface area contributed by atoms with Gasteiger partial charge < -0.3 is 9.88 Å². The molecule has 7 nitrogen and oxygen atoms in total. The van der Waals surface area contributed by atoms with Crippen LogP contribution in [-0.2, 0) is 21.2 Å². The Bertz CT molecular complexity index is 1360. The Morgan fingerprint density at radius 3 is 2.49 bits per heavy atom. The second-order valence-electron chi connectivity index (χ2n) is 9.73. The summed E-state index contributed by atoms with van der Waals surface area (Å²) in [6, 6.07) is 18.2. The Hall–Kier alpha value is -2.97. The Kier molecular flexibility index (Phi) is 6.75. The standard InChI is InChI=1S/C27H31N3O4S/c31-26-11-8-22-18-24(9-10-25(22)28-26)35(33,34)30-14-4-7-23(19-30)27(32)29-15-12-21(13-16-29)17-20-5-2-1-3-6-20/h1-3,5-6,8-11,18,21,23H,4,7,12-17,19H2,(H,28,31). The van der Waals surface area contributed by atoms with E-state index >= 15 is 0 Å². The van der Waals surface area contributed by atoms with E-state index in [-0.39, 0.29) is 28.8 Å². The maximum absolute atomic E-state index is 13.4. The number of nitrogens with one attached hydrogen (secondary N) is 1. The van der Waals surface area contributed by atoms with Crippen molar-refractivity contribution in [2.24, 2.45) is 11.8 Å². The van der Waals surface area contributed by atoms with Gasteiger partial charge in [-0.2, -0.15) is 4.31 Å². The van der Waals surface area contributed by atoms with Crippen LogP contribution in [0.3, 0.4) is 0 Å². The molecule has 1 atom stereocenters. The summed E-state index contributed by atoms with van der Waals surface area (Å²) in [4.78, 5) is 29.7. The summed E-state index contributed by atoms with van der Waals surface area (Å²) in [5.41, 5.74) is 1.71. The van der Waals surface area contributed by atoms with E-state index in [2.05, 4.69) is 29.2 Å². The molecule has 0 bridgehead atoms. The van der Waals surface area contributed by atoms with Crippen molar-refractivity contribution >= 4 is 26.8 Å². The monoisotopic (exact) mass is 493 g/mol. The topological polar surface area (TPSA) is 90.5 Å². The maximum Gasteiger partial charge on any atom is 0.248 e. The van der Waals surface area contributed by atoms with Crippen LogP contribution >= 0.6 is 0 Å². The lowest BCUT2D eigenvalue weighted by Gasteiger charge is -2.37. The van der Waals surface area contributed by atoms with Gasteiger partial charge >= 0.3 is 0 Å². The first-order chi connectivity index (χ1) is 16.9. The van der Waals surface area contributed by atoms with Crippen LogP contribution in [0.5, 0.6) is 0 Å². The minimum absolute atomic E-state index is 0.0825. The van der Waals surface area contributed by atoms with Crippen LogP contribution in [0.2, 0.25) is 0 Å². The molecule has 1 amide bonds. The largest absolute Gasteiger partial charge is 0.342 e. The minimum Gasteiger partial charge on any atom is -0.342 e. The highest BCUT2D eigenvalue weighted by Crippen LogP contribution is 2.28. The molecule has 1 unspecified atom stereocenters. The lowest BCUT2D eigenvalue weighted by molar-refractivity contribution is -0.138. The van der Waals surface area contributed by atoms with Crippen molar-refractivity contribution in [2.45, 2.75) is 37.0 Å². The third kappa shape index (κ3) is 5.18. The number of hydrogen-bond donors (Lipinski definition) is 1. The number of hydrogen-bond acceptors (Lipinski definition) is 4. The molecule has 1 aromatic heterocycles. The van der Waals surface area contributed by atoms with Gasteiger partial charge in [0.25, 0.3) is 0 Å². The zero-order valence-corrected chi connectivity index (χ0v) is 20.5. The molecule has 1 N–H and O–H groups in total. The molecule has 184 valence electrons. The van der Waals surface area contributed by atoms with E-state index in [1.54, 1.807) is 18.2 Å². The minimum atomic E-state index is -3.73. The molecule has 2 aliphatic rings. The van der Waals surface area contributed by atoms with Gasteiger partial charge in [-0.15, -0.1) is 0 Å².